The Hall–Kier alpha value is -2.11. The minimum absolute atomic E-state index is 0.0457. The van der Waals surface area contributed by atoms with Gasteiger partial charge in [0.15, 0.2) is 0 Å². The van der Waals surface area contributed by atoms with Crippen molar-refractivity contribution in [2.75, 3.05) is 11.9 Å². The molecule has 0 aromatic carbocycles. The Kier molecular flexibility index (Phi) is 4.77. The molecule has 1 aliphatic rings. The predicted molar refractivity (Wildman–Crippen MR) is 79.4 cm³/mol. The van der Waals surface area contributed by atoms with Crippen LogP contribution in [0.1, 0.15) is 49.5 Å². The fraction of sp³-hybridized carbons (Fsp3) is 0.533. The highest BCUT2D eigenvalue weighted by Gasteiger charge is 2.27. The van der Waals surface area contributed by atoms with Crippen molar-refractivity contribution in [2.45, 2.75) is 39.0 Å². The van der Waals surface area contributed by atoms with Crippen molar-refractivity contribution in [1.29, 1.82) is 0 Å². The van der Waals surface area contributed by atoms with E-state index in [2.05, 4.69) is 22.5 Å². The quantitative estimate of drug-likeness (QED) is 0.795. The van der Waals surface area contributed by atoms with E-state index in [-0.39, 0.29) is 17.1 Å². The van der Waals surface area contributed by atoms with Gasteiger partial charge in [-0.3, -0.25) is 0 Å². The van der Waals surface area contributed by atoms with Crippen molar-refractivity contribution in [1.82, 2.24) is 10.3 Å². The molecule has 3 N–H and O–H groups in total. The van der Waals surface area contributed by atoms with Crippen molar-refractivity contribution in [3.05, 3.63) is 24.0 Å². The third-order valence-electron chi connectivity index (χ3n) is 3.98. The van der Waals surface area contributed by atoms with Crippen LogP contribution in [0.15, 0.2) is 18.3 Å². The van der Waals surface area contributed by atoms with Crippen LogP contribution < -0.4 is 10.6 Å². The molecule has 1 aromatic rings. The maximum atomic E-state index is 11.8. The Morgan fingerprint density at radius 2 is 2.00 bits per heavy atom. The van der Waals surface area contributed by atoms with E-state index in [4.69, 9.17) is 5.11 Å². The SMILES string of the molecule is CC1(CNC(=O)Nc2ccc(C(=O)O)nc2)CCCCC1. The van der Waals surface area contributed by atoms with Crippen LogP contribution in [0.5, 0.6) is 0 Å². The number of rotatable bonds is 4. The molecule has 2 rings (SSSR count). The third kappa shape index (κ3) is 4.44. The first-order chi connectivity index (χ1) is 9.98. The van der Waals surface area contributed by atoms with Crippen LogP contribution in [-0.2, 0) is 0 Å². The second kappa shape index (κ2) is 6.56. The summed E-state index contributed by atoms with van der Waals surface area (Å²) in [5, 5.41) is 14.3. The molecular formula is C15H21N3O3. The lowest BCUT2D eigenvalue weighted by Gasteiger charge is -2.33. The van der Waals surface area contributed by atoms with Gasteiger partial charge in [-0.2, -0.15) is 0 Å². The average Bonchev–Trinajstić information content (AvgIpc) is 2.47. The highest BCUT2D eigenvalue weighted by atomic mass is 16.4. The number of carboxylic acids is 1. The zero-order valence-electron chi connectivity index (χ0n) is 12.2. The molecular weight excluding hydrogens is 270 g/mol. The number of carboxylic acid groups (broad SMARTS) is 1. The van der Waals surface area contributed by atoms with Crippen molar-refractivity contribution in [2.24, 2.45) is 5.41 Å². The van der Waals surface area contributed by atoms with Crippen molar-refractivity contribution >= 4 is 17.7 Å². The average molecular weight is 291 g/mol. The van der Waals surface area contributed by atoms with Gasteiger partial charge in [0.1, 0.15) is 5.69 Å². The zero-order valence-corrected chi connectivity index (χ0v) is 12.2. The van der Waals surface area contributed by atoms with Gasteiger partial charge in [-0.25, -0.2) is 14.6 Å². The monoisotopic (exact) mass is 291 g/mol. The molecule has 1 aliphatic carbocycles. The Labute approximate surface area is 124 Å². The summed E-state index contributed by atoms with van der Waals surface area (Å²) < 4.78 is 0. The van der Waals surface area contributed by atoms with Crippen molar-refractivity contribution in [3.8, 4) is 0 Å². The molecule has 0 aliphatic heterocycles. The lowest BCUT2D eigenvalue weighted by atomic mass is 9.76. The summed E-state index contributed by atoms with van der Waals surface area (Å²) in [6, 6.07) is 2.60. The van der Waals surface area contributed by atoms with Gasteiger partial charge in [0.05, 0.1) is 11.9 Å². The number of aromatic carboxylic acids is 1. The second-order valence-corrected chi connectivity index (χ2v) is 5.92. The standard InChI is InChI=1S/C15H21N3O3/c1-15(7-3-2-4-8-15)10-17-14(21)18-11-5-6-12(13(19)20)16-9-11/h5-6,9H,2-4,7-8,10H2,1H3,(H,19,20)(H2,17,18,21). The molecule has 0 unspecified atom stereocenters. The predicted octanol–water partition coefficient (Wildman–Crippen LogP) is 2.87. The molecule has 0 bridgehead atoms. The van der Waals surface area contributed by atoms with E-state index in [1.165, 1.54) is 37.6 Å². The maximum absolute atomic E-state index is 11.8. The van der Waals surface area contributed by atoms with Crippen LogP contribution in [0.3, 0.4) is 0 Å². The minimum Gasteiger partial charge on any atom is -0.477 e. The number of carbonyl (C=O) groups is 2. The van der Waals surface area contributed by atoms with Gasteiger partial charge in [-0.1, -0.05) is 26.2 Å². The van der Waals surface area contributed by atoms with Gasteiger partial charge in [0, 0.05) is 6.54 Å². The highest BCUT2D eigenvalue weighted by molar-refractivity contribution is 5.90. The fourth-order valence-corrected chi connectivity index (χ4v) is 2.65. The van der Waals surface area contributed by atoms with Crippen LogP contribution in [0.25, 0.3) is 0 Å². The summed E-state index contributed by atoms with van der Waals surface area (Å²) in [7, 11) is 0. The van der Waals surface area contributed by atoms with E-state index < -0.39 is 5.97 Å². The van der Waals surface area contributed by atoms with E-state index in [0.717, 1.165) is 12.8 Å². The summed E-state index contributed by atoms with van der Waals surface area (Å²) >= 11 is 0. The van der Waals surface area contributed by atoms with Gasteiger partial charge < -0.3 is 15.7 Å². The van der Waals surface area contributed by atoms with Gasteiger partial charge in [-0.05, 0) is 30.4 Å². The molecule has 0 radical (unpaired) electrons. The number of nitrogens with one attached hydrogen (secondary N) is 2. The molecule has 2 amide bonds. The Morgan fingerprint density at radius 3 is 2.57 bits per heavy atom. The number of carbonyl (C=O) groups excluding carboxylic acids is 1. The van der Waals surface area contributed by atoms with E-state index in [0.29, 0.717) is 12.2 Å². The number of aromatic nitrogens is 1. The van der Waals surface area contributed by atoms with Gasteiger partial charge in [0.25, 0.3) is 0 Å². The van der Waals surface area contributed by atoms with E-state index in [1.807, 2.05) is 0 Å². The molecule has 6 nitrogen and oxygen atoms in total. The highest BCUT2D eigenvalue weighted by Crippen LogP contribution is 2.34. The number of anilines is 1. The lowest BCUT2D eigenvalue weighted by Crippen LogP contribution is -2.39. The van der Waals surface area contributed by atoms with Gasteiger partial charge in [0.2, 0.25) is 0 Å². The van der Waals surface area contributed by atoms with Gasteiger partial charge in [-0.15, -0.1) is 0 Å². The second-order valence-electron chi connectivity index (χ2n) is 5.92. The molecule has 1 saturated carbocycles. The molecule has 0 spiro atoms. The van der Waals surface area contributed by atoms with Crippen LogP contribution in [0, 0.1) is 5.41 Å². The summed E-state index contributed by atoms with van der Waals surface area (Å²) in [4.78, 5) is 26.3. The molecule has 1 fully saturated rings. The number of hydrogen-bond acceptors (Lipinski definition) is 3. The molecule has 1 aromatic heterocycles. The summed E-state index contributed by atoms with van der Waals surface area (Å²) in [5.41, 5.74) is 0.614. The Bertz CT molecular complexity index is 507. The molecule has 6 heteroatoms. The number of nitrogens with zero attached hydrogens (tertiary/aromatic N) is 1. The number of pyridine rings is 1. The number of hydrogen-bond donors (Lipinski definition) is 3. The third-order valence-corrected chi connectivity index (χ3v) is 3.98. The zero-order chi connectivity index (χ0) is 15.3. The van der Waals surface area contributed by atoms with Crippen molar-refractivity contribution < 1.29 is 14.7 Å². The smallest absolute Gasteiger partial charge is 0.354 e. The molecule has 1 heterocycles. The van der Waals surface area contributed by atoms with E-state index in [1.54, 1.807) is 0 Å². The van der Waals surface area contributed by atoms with Crippen LogP contribution >= 0.6 is 0 Å². The Morgan fingerprint density at radius 1 is 1.29 bits per heavy atom. The molecule has 0 saturated heterocycles. The Balaban J connectivity index is 1.82. The molecule has 114 valence electrons. The summed E-state index contributed by atoms with van der Waals surface area (Å²) in [6.07, 6.45) is 7.35. The van der Waals surface area contributed by atoms with Crippen LogP contribution in [-0.4, -0.2) is 28.6 Å². The molecule has 21 heavy (non-hydrogen) atoms. The number of amides is 2. The fourth-order valence-electron chi connectivity index (χ4n) is 2.65. The number of urea groups is 1. The summed E-state index contributed by atoms with van der Waals surface area (Å²) in [5.74, 6) is -1.09. The van der Waals surface area contributed by atoms with Crippen molar-refractivity contribution in [3.63, 3.8) is 0 Å². The van der Waals surface area contributed by atoms with Gasteiger partial charge >= 0.3 is 12.0 Å². The van der Waals surface area contributed by atoms with E-state index >= 15 is 0 Å². The minimum atomic E-state index is -1.09. The lowest BCUT2D eigenvalue weighted by molar-refractivity contribution is 0.0690. The normalized spacial score (nSPS) is 17.0. The largest absolute Gasteiger partial charge is 0.477 e. The topological polar surface area (TPSA) is 91.3 Å². The first-order valence-corrected chi connectivity index (χ1v) is 7.23. The summed E-state index contributed by atoms with van der Waals surface area (Å²) in [6.45, 7) is 2.86. The maximum Gasteiger partial charge on any atom is 0.354 e. The van der Waals surface area contributed by atoms with Crippen LogP contribution in [0.2, 0.25) is 0 Å². The van der Waals surface area contributed by atoms with E-state index in [9.17, 15) is 9.59 Å². The first-order valence-electron chi connectivity index (χ1n) is 7.23. The van der Waals surface area contributed by atoms with Crippen LogP contribution in [0.4, 0.5) is 10.5 Å². The first kappa shape index (κ1) is 15.3. The molecule has 0 atom stereocenters.